The summed E-state index contributed by atoms with van der Waals surface area (Å²) in [6, 6.07) is 23.3. The summed E-state index contributed by atoms with van der Waals surface area (Å²) in [4.78, 5) is 24.0. The van der Waals surface area contributed by atoms with Crippen LogP contribution in [-0.2, 0) is 16.0 Å². The molecule has 2 amide bonds. The topological polar surface area (TPSA) is 79.5 Å². The molecule has 0 saturated carbocycles. The van der Waals surface area contributed by atoms with Crippen LogP contribution >= 0.6 is 0 Å². The van der Waals surface area contributed by atoms with E-state index >= 15 is 0 Å². The fourth-order valence-corrected chi connectivity index (χ4v) is 3.33. The average Bonchev–Trinajstić information content (AvgIpc) is 2.84. The van der Waals surface area contributed by atoms with Crippen molar-refractivity contribution in [2.45, 2.75) is 33.1 Å². The van der Waals surface area contributed by atoms with E-state index in [4.69, 9.17) is 4.74 Å². The minimum atomic E-state index is -0.158. The van der Waals surface area contributed by atoms with Gasteiger partial charge in [0.2, 0.25) is 11.8 Å². The fourth-order valence-electron chi connectivity index (χ4n) is 3.33. The molecule has 0 aliphatic carbocycles. The van der Waals surface area contributed by atoms with Crippen LogP contribution in [0, 0.1) is 6.92 Å². The van der Waals surface area contributed by atoms with Crippen molar-refractivity contribution < 1.29 is 14.3 Å². The second-order valence-corrected chi connectivity index (χ2v) is 7.74. The zero-order valence-electron chi connectivity index (χ0n) is 19.2. The number of rotatable bonds is 11. The Kier molecular flexibility index (Phi) is 8.88. The van der Waals surface area contributed by atoms with Gasteiger partial charge in [0.25, 0.3) is 0 Å². The van der Waals surface area contributed by atoms with E-state index in [9.17, 15) is 9.59 Å². The number of carbonyl (C=O) groups is 2. The van der Waals surface area contributed by atoms with Crippen LogP contribution in [0.15, 0.2) is 72.8 Å². The van der Waals surface area contributed by atoms with Gasteiger partial charge in [-0.2, -0.15) is 0 Å². The van der Waals surface area contributed by atoms with Crippen molar-refractivity contribution >= 4 is 28.9 Å². The highest BCUT2D eigenvalue weighted by Gasteiger charge is 2.08. The van der Waals surface area contributed by atoms with Crippen LogP contribution in [0.3, 0.4) is 0 Å². The lowest BCUT2D eigenvalue weighted by molar-refractivity contribution is -0.116. The van der Waals surface area contributed by atoms with Crippen LogP contribution < -0.4 is 20.7 Å². The number of hydrogen-bond acceptors (Lipinski definition) is 4. The maximum Gasteiger partial charge on any atom is 0.243 e. The second kappa shape index (κ2) is 12.3. The third-order valence-electron chi connectivity index (χ3n) is 5.23. The summed E-state index contributed by atoms with van der Waals surface area (Å²) in [5.41, 5.74) is 4.45. The molecule has 0 aromatic heterocycles. The van der Waals surface area contributed by atoms with Crippen LogP contribution in [0.5, 0.6) is 5.75 Å². The smallest absolute Gasteiger partial charge is 0.243 e. The van der Waals surface area contributed by atoms with Crippen LogP contribution in [0.2, 0.25) is 0 Å². The average molecular weight is 446 g/mol. The first-order chi connectivity index (χ1) is 16.0. The molecule has 0 radical (unpaired) electrons. The molecule has 0 saturated heterocycles. The number of nitrogens with one attached hydrogen (secondary N) is 3. The standard InChI is InChI=1S/C27H31N3O3/c1-3-26(31)30-25-13-7-12-24(20(25)2)28-19-27(32)29-22-14-16-23(17-15-22)33-18-8-11-21-9-5-4-6-10-21/h4-7,9-10,12-17,28H,3,8,11,18-19H2,1-2H3,(H,29,32)(H,30,31). The molecule has 0 heterocycles. The Hall–Kier alpha value is -3.80. The van der Waals surface area contributed by atoms with E-state index in [0.717, 1.165) is 35.5 Å². The van der Waals surface area contributed by atoms with Gasteiger partial charge in [-0.25, -0.2) is 0 Å². The van der Waals surface area contributed by atoms with E-state index < -0.39 is 0 Å². The van der Waals surface area contributed by atoms with Gasteiger partial charge in [0.05, 0.1) is 13.2 Å². The molecule has 3 aromatic carbocycles. The maximum absolute atomic E-state index is 12.4. The van der Waals surface area contributed by atoms with Crippen molar-refractivity contribution in [3.05, 3.63) is 83.9 Å². The molecule has 3 N–H and O–H groups in total. The fraction of sp³-hybridized carbons (Fsp3) is 0.259. The van der Waals surface area contributed by atoms with E-state index in [2.05, 4.69) is 28.1 Å². The molecule has 172 valence electrons. The van der Waals surface area contributed by atoms with Crippen molar-refractivity contribution in [3.8, 4) is 5.75 Å². The lowest BCUT2D eigenvalue weighted by Gasteiger charge is -2.14. The van der Waals surface area contributed by atoms with Gasteiger partial charge >= 0.3 is 0 Å². The second-order valence-electron chi connectivity index (χ2n) is 7.74. The van der Waals surface area contributed by atoms with Crippen LogP contribution in [0.1, 0.15) is 30.9 Å². The summed E-state index contributed by atoms with van der Waals surface area (Å²) in [6.07, 6.45) is 2.34. The summed E-state index contributed by atoms with van der Waals surface area (Å²) >= 11 is 0. The molecule has 0 aliphatic heterocycles. The van der Waals surface area contributed by atoms with Crippen LogP contribution in [0.25, 0.3) is 0 Å². The predicted molar refractivity (Wildman–Crippen MR) is 134 cm³/mol. The van der Waals surface area contributed by atoms with E-state index in [1.165, 1.54) is 5.56 Å². The summed E-state index contributed by atoms with van der Waals surface area (Å²) in [7, 11) is 0. The van der Waals surface area contributed by atoms with Gasteiger partial charge in [0, 0.05) is 23.5 Å². The van der Waals surface area contributed by atoms with E-state index in [0.29, 0.717) is 18.7 Å². The third-order valence-corrected chi connectivity index (χ3v) is 5.23. The number of benzene rings is 3. The third kappa shape index (κ3) is 7.68. The van der Waals surface area contributed by atoms with Gasteiger partial charge in [0.15, 0.2) is 0 Å². The predicted octanol–water partition coefficient (Wildman–Crippen LogP) is 5.41. The van der Waals surface area contributed by atoms with Gasteiger partial charge in [-0.15, -0.1) is 0 Å². The lowest BCUT2D eigenvalue weighted by atomic mass is 10.1. The molecular formula is C27H31N3O3. The summed E-state index contributed by atoms with van der Waals surface area (Å²) in [5, 5.41) is 8.88. The molecular weight excluding hydrogens is 414 g/mol. The Balaban J connectivity index is 1.42. The molecule has 0 atom stereocenters. The zero-order valence-corrected chi connectivity index (χ0v) is 19.2. The first-order valence-corrected chi connectivity index (χ1v) is 11.2. The van der Waals surface area contributed by atoms with Crippen molar-refractivity contribution in [2.24, 2.45) is 0 Å². The number of amides is 2. The first kappa shape index (κ1) is 23.9. The van der Waals surface area contributed by atoms with Crippen LogP contribution in [0.4, 0.5) is 17.1 Å². The van der Waals surface area contributed by atoms with Gasteiger partial charge in [0.1, 0.15) is 5.75 Å². The number of aryl methyl sites for hydroxylation is 1. The van der Waals surface area contributed by atoms with Crippen molar-refractivity contribution in [1.29, 1.82) is 0 Å². The van der Waals surface area contributed by atoms with Gasteiger partial charge in [-0.3, -0.25) is 9.59 Å². The molecule has 33 heavy (non-hydrogen) atoms. The van der Waals surface area contributed by atoms with Crippen molar-refractivity contribution in [1.82, 2.24) is 0 Å². The van der Waals surface area contributed by atoms with E-state index in [1.807, 2.05) is 74.5 Å². The molecule has 3 rings (SSSR count). The normalized spacial score (nSPS) is 10.4. The summed E-state index contributed by atoms with van der Waals surface area (Å²) in [5.74, 6) is 0.575. The number of hydrogen-bond donors (Lipinski definition) is 3. The Morgan fingerprint density at radius 1 is 0.818 bits per heavy atom. The first-order valence-electron chi connectivity index (χ1n) is 11.2. The largest absolute Gasteiger partial charge is 0.494 e. The van der Waals surface area contributed by atoms with Crippen LogP contribution in [-0.4, -0.2) is 25.0 Å². The Labute approximate surface area is 195 Å². The Bertz CT molecular complexity index is 1050. The lowest BCUT2D eigenvalue weighted by Crippen LogP contribution is -2.22. The minimum Gasteiger partial charge on any atom is -0.494 e. The molecule has 6 heteroatoms. The highest BCUT2D eigenvalue weighted by atomic mass is 16.5. The molecule has 6 nitrogen and oxygen atoms in total. The molecule has 3 aromatic rings. The molecule has 0 unspecified atom stereocenters. The highest BCUT2D eigenvalue weighted by Crippen LogP contribution is 2.23. The Morgan fingerprint density at radius 3 is 2.27 bits per heavy atom. The number of anilines is 3. The van der Waals surface area contributed by atoms with E-state index in [-0.39, 0.29) is 18.4 Å². The Morgan fingerprint density at radius 2 is 1.55 bits per heavy atom. The zero-order chi connectivity index (χ0) is 23.5. The molecule has 0 spiro atoms. The molecule has 0 aliphatic rings. The van der Waals surface area contributed by atoms with E-state index in [1.54, 1.807) is 0 Å². The number of ether oxygens (including phenoxy) is 1. The molecule has 0 bridgehead atoms. The monoisotopic (exact) mass is 445 g/mol. The van der Waals surface area contributed by atoms with Crippen molar-refractivity contribution in [3.63, 3.8) is 0 Å². The maximum atomic E-state index is 12.4. The number of carbonyl (C=O) groups excluding carboxylic acids is 2. The molecule has 0 fully saturated rings. The van der Waals surface area contributed by atoms with Gasteiger partial charge in [-0.1, -0.05) is 43.3 Å². The minimum absolute atomic E-state index is 0.0448. The quantitative estimate of drug-likeness (QED) is 0.345. The van der Waals surface area contributed by atoms with Gasteiger partial charge in [-0.05, 0) is 67.3 Å². The summed E-state index contributed by atoms with van der Waals surface area (Å²) in [6.45, 7) is 4.47. The summed E-state index contributed by atoms with van der Waals surface area (Å²) < 4.78 is 5.80. The van der Waals surface area contributed by atoms with Gasteiger partial charge < -0.3 is 20.7 Å². The highest BCUT2D eigenvalue weighted by molar-refractivity contribution is 5.95. The van der Waals surface area contributed by atoms with Crippen molar-refractivity contribution in [2.75, 3.05) is 29.1 Å². The SMILES string of the molecule is CCC(=O)Nc1cccc(NCC(=O)Nc2ccc(OCCCc3ccccc3)cc2)c1C.